The maximum Gasteiger partial charge on any atom is 0.343 e. The van der Waals surface area contributed by atoms with Crippen LogP contribution in [0, 0.1) is 0 Å². The van der Waals surface area contributed by atoms with E-state index >= 15 is 0 Å². The summed E-state index contributed by atoms with van der Waals surface area (Å²) in [7, 11) is 7.00. The molecule has 1 aromatic heterocycles. The minimum absolute atomic E-state index is 0.0843. The Morgan fingerprint density at radius 2 is 1.85 bits per heavy atom. The summed E-state index contributed by atoms with van der Waals surface area (Å²) >= 11 is 1.10. The molecule has 0 fully saturated rings. The molecule has 0 atom stereocenters. The van der Waals surface area contributed by atoms with E-state index in [9.17, 15) is 9.59 Å². The molecule has 0 saturated heterocycles. The van der Waals surface area contributed by atoms with Crippen molar-refractivity contribution >= 4 is 33.9 Å². The molecular formula is C12H20N4O3S. The Kier molecular flexibility index (Phi) is 5.34. The Morgan fingerprint density at radius 3 is 2.30 bits per heavy atom. The van der Waals surface area contributed by atoms with Crippen LogP contribution in [0.1, 0.15) is 20.0 Å². The Morgan fingerprint density at radius 1 is 1.25 bits per heavy atom. The van der Waals surface area contributed by atoms with Crippen molar-refractivity contribution < 1.29 is 14.3 Å². The predicted molar refractivity (Wildman–Crippen MR) is 80.4 cm³/mol. The molecular weight excluding hydrogens is 280 g/mol. The number of nitrogens with two attached hydrogens (primary N) is 2. The quantitative estimate of drug-likeness (QED) is 0.728. The molecule has 1 rings (SSSR count). The highest BCUT2D eigenvalue weighted by Gasteiger charge is 2.27. The molecule has 0 aliphatic carbocycles. The molecule has 0 aromatic carbocycles. The molecule has 0 unspecified atom stereocenters. The van der Waals surface area contributed by atoms with Crippen LogP contribution in [-0.2, 0) is 4.74 Å². The standard InChI is InChI=1S/C12H20N4O3S/c1-15(2)5-6-16(3)11-7(12(18)19-4)8(13)9(20-11)10(14)17/h5-6,13H2,1-4H3,(H2,14,17). The van der Waals surface area contributed by atoms with Gasteiger partial charge in [-0.1, -0.05) is 0 Å². The van der Waals surface area contributed by atoms with Gasteiger partial charge in [-0.2, -0.15) is 0 Å². The van der Waals surface area contributed by atoms with Gasteiger partial charge >= 0.3 is 5.97 Å². The van der Waals surface area contributed by atoms with Crippen molar-refractivity contribution in [3.05, 3.63) is 10.4 Å². The number of esters is 1. The number of carbonyl (C=O) groups excluding carboxylic acids is 2. The van der Waals surface area contributed by atoms with Crippen LogP contribution in [0.2, 0.25) is 0 Å². The monoisotopic (exact) mass is 300 g/mol. The largest absolute Gasteiger partial charge is 0.465 e. The van der Waals surface area contributed by atoms with Gasteiger partial charge in [0.15, 0.2) is 0 Å². The minimum atomic E-state index is -0.648. The van der Waals surface area contributed by atoms with Gasteiger partial charge in [-0.15, -0.1) is 11.3 Å². The first kappa shape index (κ1) is 16.3. The Labute approximate surface area is 122 Å². The second-order valence-corrected chi connectivity index (χ2v) is 5.60. The Hall–Kier alpha value is -1.80. The number of amides is 1. The van der Waals surface area contributed by atoms with E-state index in [0.717, 1.165) is 17.9 Å². The third kappa shape index (κ3) is 3.40. The van der Waals surface area contributed by atoms with Gasteiger partial charge in [0.25, 0.3) is 5.91 Å². The molecule has 8 heteroatoms. The van der Waals surface area contributed by atoms with Gasteiger partial charge in [-0.3, -0.25) is 4.79 Å². The first-order chi connectivity index (χ1) is 9.29. The number of likely N-dealkylation sites (N-methyl/N-ethyl adjacent to an activating group) is 2. The maximum atomic E-state index is 11.8. The summed E-state index contributed by atoms with van der Waals surface area (Å²) in [6.07, 6.45) is 0. The average molecular weight is 300 g/mol. The number of methoxy groups -OCH3 is 1. The van der Waals surface area contributed by atoms with Crippen LogP contribution in [0.25, 0.3) is 0 Å². The number of rotatable bonds is 6. The SMILES string of the molecule is COC(=O)c1c(N(C)CCN(C)C)sc(C(N)=O)c1N. The van der Waals surface area contributed by atoms with Crippen molar-refractivity contribution in [2.24, 2.45) is 5.73 Å². The summed E-state index contributed by atoms with van der Waals surface area (Å²) in [4.78, 5) is 27.3. The van der Waals surface area contributed by atoms with Crippen LogP contribution in [-0.4, -0.2) is 58.1 Å². The van der Waals surface area contributed by atoms with Gasteiger partial charge in [0, 0.05) is 20.1 Å². The molecule has 7 nitrogen and oxygen atoms in total. The Bertz CT molecular complexity index is 513. The van der Waals surface area contributed by atoms with E-state index in [1.54, 1.807) is 0 Å². The van der Waals surface area contributed by atoms with Crippen LogP contribution in [0.4, 0.5) is 10.7 Å². The lowest BCUT2D eigenvalue weighted by Gasteiger charge is -2.20. The highest BCUT2D eigenvalue weighted by atomic mass is 32.1. The molecule has 112 valence electrons. The summed E-state index contributed by atoms with van der Waals surface area (Å²) in [5, 5.41) is 0.588. The smallest absolute Gasteiger partial charge is 0.343 e. The maximum absolute atomic E-state index is 11.8. The van der Waals surface area contributed by atoms with Gasteiger partial charge in [-0.05, 0) is 14.1 Å². The van der Waals surface area contributed by atoms with E-state index in [2.05, 4.69) is 0 Å². The topological polar surface area (TPSA) is 102 Å². The molecule has 0 aliphatic heterocycles. The molecule has 4 N–H and O–H groups in total. The van der Waals surface area contributed by atoms with E-state index in [4.69, 9.17) is 16.2 Å². The summed E-state index contributed by atoms with van der Waals surface area (Å²) in [6.45, 7) is 1.47. The highest BCUT2D eigenvalue weighted by molar-refractivity contribution is 7.19. The van der Waals surface area contributed by atoms with Crippen LogP contribution >= 0.6 is 11.3 Å². The van der Waals surface area contributed by atoms with E-state index in [1.165, 1.54) is 7.11 Å². The van der Waals surface area contributed by atoms with E-state index in [1.807, 2.05) is 30.9 Å². The summed E-state index contributed by atoms with van der Waals surface area (Å²) < 4.78 is 4.73. The van der Waals surface area contributed by atoms with E-state index < -0.39 is 11.9 Å². The van der Waals surface area contributed by atoms with E-state index in [0.29, 0.717) is 11.5 Å². The predicted octanol–water partition coefficient (Wildman–Crippen LogP) is 0.214. The number of carbonyl (C=O) groups is 2. The zero-order valence-electron chi connectivity index (χ0n) is 12.1. The molecule has 0 spiro atoms. The number of hydrogen-bond acceptors (Lipinski definition) is 7. The molecule has 1 heterocycles. The summed E-state index contributed by atoms with van der Waals surface area (Å²) in [5.41, 5.74) is 11.4. The number of thiophene rings is 1. The fourth-order valence-corrected chi connectivity index (χ4v) is 2.68. The van der Waals surface area contributed by atoms with Gasteiger partial charge in [0.05, 0.1) is 12.8 Å². The normalized spacial score (nSPS) is 10.7. The first-order valence-electron chi connectivity index (χ1n) is 5.95. The van der Waals surface area contributed by atoms with Crippen LogP contribution in [0.3, 0.4) is 0 Å². The molecule has 1 aromatic rings. The molecule has 20 heavy (non-hydrogen) atoms. The average Bonchev–Trinajstić information content (AvgIpc) is 2.72. The lowest BCUT2D eigenvalue weighted by atomic mass is 10.2. The van der Waals surface area contributed by atoms with Crippen molar-refractivity contribution in [3.63, 3.8) is 0 Å². The van der Waals surface area contributed by atoms with Crippen LogP contribution in [0.5, 0.6) is 0 Å². The lowest BCUT2D eigenvalue weighted by Crippen LogP contribution is -2.29. The van der Waals surface area contributed by atoms with Crippen molar-refractivity contribution in [1.29, 1.82) is 0 Å². The van der Waals surface area contributed by atoms with Crippen molar-refractivity contribution in [3.8, 4) is 0 Å². The summed E-state index contributed by atoms with van der Waals surface area (Å²) in [6, 6.07) is 0. The number of nitrogen functional groups attached to an aromatic ring is 1. The molecule has 0 aliphatic rings. The summed E-state index contributed by atoms with van der Waals surface area (Å²) in [5.74, 6) is -1.22. The van der Waals surface area contributed by atoms with Gasteiger partial charge < -0.3 is 26.0 Å². The fourth-order valence-electron chi connectivity index (χ4n) is 1.63. The van der Waals surface area contributed by atoms with E-state index in [-0.39, 0.29) is 16.1 Å². The fraction of sp³-hybridized carbons (Fsp3) is 0.500. The lowest BCUT2D eigenvalue weighted by molar-refractivity contribution is 0.0603. The van der Waals surface area contributed by atoms with Gasteiger partial charge in [0.2, 0.25) is 0 Å². The second kappa shape index (κ2) is 6.58. The number of ether oxygens (including phenoxy) is 1. The highest BCUT2D eigenvalue weighted by Crippen LogP contribution is 2.37. The minimum Gasteiger partial charge on any atom is -0.465 e. The molecule has 0 radical (unpaired) electrons. The zero-order valence-corrected chi connectivity index (χ0v) is 12.9. The van der Waals surface area contributed by atoms with Crippen LogP contribution in [0.15, 0.2) is 0 Å². The number of hydrogen-bond donors (Lipinski definition) is 2. The van der Waals surface area contributed by atoms with Gasteiger partial charge in [-0.25, -0.2) is 4.79 Å². The molecule has 0 bridgehead atoms. The Balaban J connectivity index is 3.19. The second-order valence-electron chi connectivity index (χ2n) is 4.61. The van der Waals surface area contributed by atoms with Crippen molar-refractivity contribution in [2.75, 3.05) is 52.0 Å². The van der Waals surface area contributed by atoms with Crippen molar-refractivity contribution in [1.82, 2.24) is 4.90 Å². The number of nitrogens with zero attached hydrogens (tertiary/aromatic N) is 2. The van der Waals surface area contributed by atoms with Crippen molar-refractivity contribution in [2.45, 2.75) is 0 Å². The zero-order chi connectivity index (χ0) is 15.4. The van der Waals surface area contributed by atoms with Gasteiger partial charge in [0.1, 0.15) is 15.4 Å². The third-order valence-electron chi connectivity index (χ3n) is 2.77. The van der Waals surface area contributed by atoms with Crippen LogP contribution < -0.4 is 16.4 Å². The number of anilines is 2. The molecule has 1 amide bonds. The first-order valence-corrected chi connectivity index (χ1v) is 6.77. The molecule has 0 saturated carbocycles. The third-order valence-corrected chi connectivity index (χ3v) is 4.10. The number of primary amides is 1.